The normalized spacial score (nSPS) is 12.5. The van der Waals surface area contributed by atoms with Crippen LogP contribution in [0.25, 0.3) is 0 Å². The summed E-state index contributed by atoms with van der Waals surface area (Å²) in [5.41, 5.74) is 8.17. The average Bonchev–Trinajstić information content (AvgIpc) is 2.16. The third kappa shape index (κ3) is 2.33. The zero-order valence-electron chi connectivity index (χ0n) is 7.76. The van der Waals surface area contributed by atoms with Gasteiger partial charge in [0.05, 0.1) is 0 Å². The van der Waals surface area contributed by atoms with Crippen LogP contribution >= 0.6 is 11.6 Å². The van der Waals surface area contributed by atoms with Crippen LogP contribution in [0, 0.1) is 0 Å². The average molecular weight is 196 g/mol. The Morgan fingerprint density at radius 2 is 2.31 bits per heavy atom. The minimum atomic E-state index is -0.117. The van der Waals surface area contributed by atoms with Gasteiger partial charge in [0.2, 0.25) is 0 Å². The molecular weight excluding hydrogens is 182 g/mol. The van der Waals surface area contributed by atoms with Gasteiger partial charge in [-0.05, 0) is 29.7 Å². The van der Waals surface area contributed by atoms with Gasteiger partial charge < -0.3 is 5.73 Å². The van der Waals surface area contributed by atoms with Crippen molar-refractivity contribution >= 4 is 11.6 Å². The molecule has 0 aliphatic rings. The second-order valence-corrected chi connectivity index (χ2v) is 3.39. The molecule has 2 N–H and O–H groups in total. The van der Waals surface area contributed by atoms with Crippen LogP contribution in [0.5, 0.6) is 0 Å². The quantitative estimate of drug-likeness (QED) is 0.738. The van der Waals surface area contributed by atoms with Crippen LogP contribution < -0.4 is 5.73 Å². The van der Waals surface area contributed by atoms with E-state index >= 15 is 0 Å². The molecule has 0 heterocycles. The molecule has 70 valence electrons. The van der Waals surface area contributed by atoms with Gasteiger partial charge in [0.25, 0.3) is 0 Å². The van der Waals surface area contributed by atoms with E-state index in [1.165, 1.54) is 5.56 Å². The molecule has 1 unspecified atom stereocenters. The fraction of sp³-hybridized carbons (Fsp3) is 0.273. The molecule has 2 heteroatoms. The standard InChI is InChI=1S/C11H14ClN/c1-3-8-5-6-9(12)7-10(8)11(13)4-2/h4-7,11H,2-3,13H2,1H3. The lowest BCUT2D eigenvalue weighted by Gasteiger charge is -2.12. The van der Waals surface area contributed by atoms with Crippen molar-refractivity contribution < 1.29 is 0 Å². The molecular formula is C11H14ClN. The van der Waals surface area contributed by atoms with Crippen LogP contribution in [0.1, 0.15) is 24.1 Å². The van der Waals surface area contributed by atoms with Gasteiger partial charge in [-0.3, -0.25) is 0 Å². The highest BCUT2D eigenvalue weighted by atomic mass is 35.5. The number of benzene rings is 1. The second kappa shape index (κ2) is 4.45. The fourth-order valence-electron chi connectivity index (χ4n) is 1.33. The molecule has 0 saturated heterocycles. The van der Waals surface area contributed by atoms with Gasteiger partial charge in [-0.2, -0.15) is 0 Å². The van der Waals surface area contributed by atoms with Crippen LogP contribution in [-0.2, 0) is 6.42 Å². The van der Waals surface area contributed by atoms with Crippen molar-refractivity contribution in [3.63, 3.8) is 0 Å². The summed E-state index contributed by atoms with van der Waals surface area (Å²) in [5.74, 6) is 0. The third-order valence-corrected chi connectivity index (χ3v) is 2.34. The molecule has 0 spiro atoms. The van der Waals surface area contributed by atoms with Crippen molar-refractivity contribution in [1.29, 1.82) is 0 Å². The summed E-state index contributed by atoms with van der Waals surface area (Å²) in [6.07, 6.45) is 2.69. The first kappa shape index (κ1) is 10.3. The van der Waals surface area contributed by atoms with Crippen LogP contribution in [0.15, 0.2) is 30.9 Å². The molecule has 1 nitrogen and oxygen atoms in total. The maximum Gasteiger partial charge on any atom is 0.0481 e. The van der Waals surface area contributed by atoms with E-state index in [0.717, 1.165) is 17.0 Å². The maximum absolute atomic E-state index is 5.88. The zero-order valence-corrected chi connectivity index (χ0v) is 8.51. The molecule has 0 radical (unpaired) electrons. The monoisotopic (exact) mass is 195 g/mol. The van der Waals surface area contributed by atoms with Gasteiger partial charge in [-0.15, -0.1) is 6.58 Å². The Kier molecular flexibility index (Phi) is 3.52. The molecule has 13 heavy (non-hydrogen) atoms. The van der Waals surface area contributed by atoms with Gasteiger partial charge in [0.1, 0.15) is 0 Å². The summed E-state index contributed by atoms with van der Waals surface area (Å²) in [6, 6.07) is 5.70. The third-order valence-electron chi connectivity index (χ3n) is 2.10. The molecule has 1 aromatic carbocycles. The highest BCUT2D eigenvalue weighted by Gasteiger charge is 2.06. The highest BCUT2D eigenvalue weighted by molar-refractivity contribution is 6.30. The SMILES string of the molecule is C=CC(N)c1cc(Cl)ccc1CC. The fourth-order valence-corrected chi connectivity index (χ4v) is 1.51. The van der Waals surface area contributed by atoms with Crippen molar-refractivity contribution in [1.82, 2.24) is 0 Å². The lowest BCUT2D eigenvalue weighted by Crippen LogP contribution is -2.09. The predicted octanol–water partition coefficient (Wildman–Crippen LogP) is 3.09. The summed E-state index contributed by atoms with van der Waals surface area (Å²) >= 11 is 5.88. The number of halogens is 1. The van der Waals surface area contributed by atoms with Crippen LogP contribution in [0.2, 0.25) is 5.02 Å². The van der Waals surface area contributed by atoms with Crippen molar-refractivity contribution in [3.05, 3.63) is 47.0 Å². The van der Waals surface area contributed by atoms with Crippen LogP contribution in [0.3, 0.4) is 0 Å². The van der Waals surface area contributed by atoms with Crippen LogP contribution in [0.4, 0.5) is 0 Å². The molecule has 0 aliphatic carbocycles. The van der Waals surface area contributed by atoms with Crippen molar-refractivity contribution in [2.45, 2.75) is 19.4 Å². The Labute approximate surface area is 84.2 Å². The topological polar surface area (TPSA) is 26.0 Å². The first-order valence-electron chi connectivity index (χ1n) is 4.35. The molecule has 1 atom stereocenters. The smallest absolute Gasteiger partial charge is 0.0481 e. The zero-order chi connectivity index (χ0) is 9.84. The van der Waals surface area contributed by atoms with Gasteiger partial charge in [0, 0.05) is 11.1 Å². The van der Waals surface area contributed by atoms with Gasteiger partial charge in [-0.25, -0.2) is 0 Å². The van der Waals surface area contributed by atoms with Crippen molar-refractivity contribution in [3.8, 4) is 0 Å². The van der Waals surface area contributed by atoms with E-state index in [1.54, 1.807) is 6.08 Å². The van der Waals surface area contributed by atoms with E-state index in [9.17, 15) is 0 Å². The maximum atomic E-state index is 5.88. The lowest BCUT2D eigenvalue weighted by molar-refractivity contribution is 0.886. The van der Waals surface area contributed by atoms with Crippen molar-refractivity contribution in [2.75, 3.05) is 0 Å². The minimum absolute atomic E-state index is 0.117. The molecule has 0 bridgehead atoms. The summed E-state index contributed by atoms with van der Waals surface area (Å²) in [4.78, 5) is 0. The molecule has 0 aromatic heterocycles. The number of aryl methyl sites for hydroxylation is 1. The lowest BCUT2D eigenvalue weighted by atomic mass is 9.99. The van der Waals surface area contributed by atoms with E-state index in [1.807, 2.05) is 18.2 Å². The minimum Gasteiger partial charge on any atom is -0.321 e. The first-order valence-corrected chi connectivity index (χ1v) is 4.73. The van der Waals surface area contributed by atoms with E-state index in [0.29, 0.717) is 0 Å². The van der Waals surface area contributed by atoms with Gasteiger partial charge >= 0.3 is 0 Å². The molecule has 0 aliphatic heterocycles. The molecule has 0 amide bonds. The number of hydrogen-bond acceptors (Lipinski definition) is 1. The summed E-state index contributed by atoms with van der Waals surface area (Å²) in [6.45, 7) is 5.77. The predicted molar refractivity (Wildman–Crippen MR) is 58.0 cm³/mol. The summed E-state index contributed by atoms with van der Waals surface area (Å²) in [7, 11) is 0. The Morgan fingerprint density at radius 3 is 2.85 bits per heavy atom. The number of hydrogen-bond donors (Lipinski definition) is 1. The number of rotatable bonds is 3. The first-order chi connectivity index (χ1) is 6.19. The van der Waals surface area contributed by atoms with E-state index in [-0.39, 0.29) is 6.04 Å². The van der Waals surface area contributed by atoms with Crippen LogP contribution in [-0.4, -0.2) is 0 Å². The number of nitrogens with two attached hydrogens (primary N) is 1. The van der Waals surface area contributed by atoms with Gasteiger partial charge in [0.15, 0.2) is 0 Å². The Bertz CT molecular complexity index is 307. The summed E-state index contributed by atoms with van der Waals surface area (Å²) < 4.78 is 0. The Hall–Kier alpha value is -0.790. The van der Waals surface area contributed by atoms with E-state index < -0.39 is 0 Å². The summed E-state index contributed by atoms with van der Waals surface area (Å²) in [5, 5.41) is 0.726. The second-order valence-electron chi connectivity index (χ2n) is 2.96. The Balaban J connectivity index is 3.14. The van der Waals surface area contributed by atoms with Gasteiger partial charge in [-0.1, -0.05) is 30.7 Å². The van der Waals surface area contributed by atoms with Crippen molar-refractivity contribution in [2.24, 2.45) is 5.73 Å². The Morgan fingerprint density at radius 1 is 1.62 bits per heavy atom. The van der Waals surface area contributed by atoms with E-state index in [4.69, 9.17) is 17.3 Å². The largest absolute Gasteiger partial charge is 0.321 e. The molecule has 1 aromatic rings. The highest BCUT2D eigenvalue weighted by Crippen LogP contribution is 2.22. The molecule has 0 saturated carbocycles. The molecule has 0 fully saturated rings. The van der Waals surface area contributed by atoms with E-state index in [2.05, 4.69) is 13.5 Å². The molecule has 1 rings (SSSR count).